The third-order valence-electron chi connectivity index (χ3n) is 2.80. The highest BCUT2D eigenvalue weighted by Crippen LogP contribution is 2.35. The average molecular weight is 224 g/mol. The smallest absolute Gasteiger partial charge is 0.127 e. The first-order valence-corrected chi connectivity index (χ1v) is 5.70. The van der Waals surface area contributed by atoms with Gasteiger partial charge in [0.1, 0.15) is 5.75 Å². The zero-order valence-corrected chi connectivity index (χ0v) is 10.1. The topological polar surface area (TPSA) is 60.7 Å². The van der Waals surface area contributed by atoms with E-state index in [2.05, 4.69) is 0 Å². The van der Waals surface area contributed by atoms with E-state index in [-0.39, 0.29) is 5.75 Å². The molecule has 0 bridgehead atoms. The van der Waals surface area contributed by atoms with E-state index in [0.29, 0.717) is 24.0 Å². The van der Waals surface area contributed by atoms with E-state index in [9.17, 15) is 15.3 Å². The van der Waals surface area contributed by atoms with Crippen LogP contribution >= 0.6 is 0 Å². The summed E-state index contributed by atoms with van der Waals surface area (Å²) in [7, 11) is 0. The van der Waals surface area contributed by atoms with Crippen LogP contribution in [0, 0.1) is 6.92 Å². The zero-order valence-electron chi connectivity index (χ0n) is 10.1. The number of rotatable bonds is 4. The van der Waals surface area contributed by atoms with Gasteiger partial charge < -0.3 is 15.3 Å². The Balaban J connectivity index is 3.25. The van der Waals surface area contributed by atoms with E-state index < -0.39 is 12.2 Å². The van der Waals surface area contributed by atoms with Crippen LogP contribution in [0.25, 0.3) is 0 Å². The summed E-state index contributed by atoms with van der Waals surface area (Å²) < 4.78 is 0. The van der Waals surface area contributed by atoms with Gasteiger partial charge >= 0.3 is 0 Å². The monoisotopic (exact) mass is 224 g/mol. The van der Waals surface area contributed by atoms with Gasteiger partial charge in [-0.15, -0.1) is 0 Å². The number of aliphatic hydroxyl groups is 2. The second-order valence-electron chi connectivity index (χ2n) is 4.14. The summed E-state index contributed by atoms with van der Waals surface area (Å²) in [6, 6.07) is 3.52. The second kappa shape index (κ2) is 5.32. The van der Waals surface area contributed by atoms with Gasteiger partial charge in [-0.25, -0.2) is 0 Å². The molecule has 1 rings (SSSR count). The van der Waals surface area contributed by atoms with Crippen molar-refractivity contribution in [3.8, 4) is 5.75 Å². The van der Waals surface area contributed by atoms with E-state index in [1.165, 1.54) is 0 Å². The number of aryl methyl sites for hydroxylation is 1. The van der Waals surface area contributed by atoms with Gasteiger partial charge in [-0.2, -0.15) is 0 Å². The Hall–Kier alpha value is -1.06. The number of aliphatic hydroxyl groups excluding tert-OH is 2. The maximum absolute atomic E-state index is 10.00. The Morgan fingerprint density at radius 3 is 1.69 bits per heavy atom. The molecule has 3 N–H and O–H groups in total. The van der Waals surface area contributed by atoms with Crippen LogP contribution in [0.4, 0.5) is 0 Å². The molecule has 0 aliphatic rings. The number of hydrogen-bond donors (Lipinski definition) is 3. The Bertz CT molecular complexity index is 329. The Morgan fingerprint density at radius 1 is 1.00 bits per heavy atom. The lowest BCUT2D eigenvalue weighted by atomic mass is 9.96. The first-order valence-electron chi connectivity index (χ1n) is 5.70. The molecule has 3 nitrogen and oxygen atoms in total. The molecule has 0 aliphatic carbocycles. The second-order valence-corrected chi connectivity index (χ2v) is 4.14. The predicted molar refractivity (Wildman–Crippen MR) is 63.3 cm³/mol. The summed E-state index contributed by atoms with van der Waals surface area (Å²) in [6.45, 7) is 5.59. The molecule has 1 aromatic carbocycles. The van der Waals surface area contributed by atoms with Crippen LogP contribution in [0.3, 0.4) is 0 Å². The summed E-state index contributed by atoms with van der Waals surface area (Å²) in [5.74, 6) is 0.0225. The molecule has 0 saturated heterocycles. The van der Waals surface area contributed by atoms with Gasteiger partial charge in [-0.05, 0) is 31.9 Å². The van der Waals surface area contributed by atoms with Crippen LogP contribution in [0.1, 0.15) is 55.6 Å². The lowest BCUT2D eigenvalue weighted by Crippen LogP contribution is -2.02. The fourth-order valence-corrected chi connectivity index (χ4v) is 1.78. The van der Waals surface area contributed by atoms with Crippen molar-refractivity contribution in [2.75, 3.05) is 0 Å². The molecular weight excluding hydrogens is 204 g/mol. The van der Waals surface area contributed by atoms with Crippen molar-refractivity contribution in [2.24, 2.45) is 0 Å². The molecular formula is C13H20O3. The van der Waals surface area contributed by atoms with Gasteiger partial charge in [-0.1, -0.05) is 19.4 Å². The molecule has 1 aromatic rings. The standard InChI is InChI=1S/C13H20O3/c1-4-11(14)9-6-8(3)7-10(13(9)16)12(15)5-2/h6-7,11-12,14-16H,4-5H2,1-3H3. The number of aromatic hydroxyl groups is 1. The predicted octanol–water partition coefficient (Wildman–Crippen LogP) is 2.59. The fraction of sp³-hybridized carbons (Fsp3) is 0.538. The molecule has 0 aliphatic heterocycles. The third kappa shape index (κ3) is 2.54. The van der Waals surface area contributed by atoms with Crippen LogP contribution in [0.2, 0.25) is 0 Å². The van der Waals surface area contributed by atoms with Gasteiger partial charge in [-0.3, -0.25) is 0 Å². The summed E-state index contributed by atoms with van der Waals surface area (Å²) in [6.07, 6.45) is -0.275. The fourth-order valence-electron chi connectivity index (χ4n) is 1.78. The molecule has 2 atom stereocenters. The van der Waals surface area contributed by atoms with E-state index in [0.717, 1.165) is 5.56 Å². The third-order valence-corrected chi connectivity index (χ3v) is 2.80. The van der Waals surface area contributed by atoms with Gasteiger partial charge in [0.25, 0.3) is 0 Å². The highest BCUT2D eigenvalue weighted by Gasteiger charge is 2.18. The molecule has 0 saturated carbocycles. The number of benzene rings is 1. The van der Waals surface area contributed by atoms with Crippen molar-refractivity contribution in [3.63, 3.8) is 0 Å². The summed E-state index contributed by atoms with van der Waals surface area (Å²) >= 11 is 0. The minimum Gasteiger partial charge on any atom is -0.507 e. The Kier molecular flexibility index (Phi) is 4.33. The summed E-state index contributed by atoms with van der Waals surface area (Å²) in [5, 5.41) is 29.5. The van der Waals surface area contributed by atoms with Crippen LogP contribution in [0.15, 0.2) is 12.1 Å². The Morgan fingerprint density at radius 2 is 1.38 bits per heavy atom. The quantitative estimate of drug-likeness (QED) is 0.736. The van der Waals surface area contributed by atoms with Crippen molar-refractivity contribution < 1.29 is 15.3 Å². The Labute approximate surface area is 96.4 Å². The van der Waals surface area contributed by atoms with E-state index in [1.807, 2.05) is 20.8 Å². The molecule has 0 fully saturated rings. The molecule has 0 aromatic heterocycles. The van der Waals surface area contributed by atoms with Crippen molar-refractivity contribution >= 4 is 0 Å². The molecule has 2 unspecified atom stereocenters. The average Bonchev–Trinajstić information content (AvgIpc) is 2.29. The zero-order chi connectivity index (χ0) is 12.3. The van der Waals surface area contributed by atoms with Gasteiger partial charge in [0.15, 0.2) is 0 Å². The molecule has 3 heteroatoms. The van der Waals surface area contributed by atoms with Crippen LogP contribution < -0.4 is 0 Å². The highest BCUT2D eigenvalue weighted by atomic mass is 16.3. The number of hydrogen-bond acceptors (Lipinski definition) is 3. The molecule has 0 spiro atoms. The minimum atomic E-state index is -0.678. The molecule has 0 radical (unpaired) electrons. The number of phenols is 1. The first kappa shape index (κ1) is 13.0. The van der Waals surface area contributed by atoms with E-state index >= 15 is 0 Å². The van der Waals surface area contributed by atoms with Crippen molar-refractivity contribution in [1.29, 1.82) is 0 Å². The maximum atomic E-state index is 10.00. The summed E-state index contributed by atoms with van der Waals surface area (Å²) in [5.41, 5.74) is 1.94. The van der Waals surface area contributed by atoms with E-state index in [1.54, 1.807) is 12.1 Å². The van der Waals surface area contributed by atoms with E-state index in [4.69, 9.17) is 0 Å². The lowest BCUT2D eigenvalue weighted by molar-refractivity contribution is 0.159. The van der Waals surface area contributed by atoms with Crippen LogP contribution in [0.5, 0.6) is 5.75 Å². The molecule has 90 valence electrons. The van der Waals surface area contributed by atoms with Crippen molar-refractivity contribution in [1.82, 2.24) is 0 Å². The van der Waals surface area contributed by atoms with Gasteiger partial charge in [0, 0.05) is 11.1 Å². The molecule has 16 heavy (non-hydrogen) atoms. The van der Waals surface area contributed by atoms with Gasteiger partial charge in [0.2, 0.25) is 0 Å². The summed E-state index contributed by atoms with van der Waals surface area (Å²) in [4.78, 5) is 0. The maximum Gasteiger partial charge on any atom is 0.127 e. The van der Waals surface area contributed by atoms with Crippen molar-refractivity contribution in [2.45, 2.75) is 45.8 Å². The van der Waals surface area contributed by atoms with Crippen molar-refractivity contribution in [3.05, 3.63) is 28.8 Å². The number of phenolic OH excluding ortho intramolecular Hbond substituents is 1. The van der Waals surface area contributed by atoms with Gasteiger partial charge in [0.05, 0.1) is 12.2 Å². The first-order chi connectivity index (χ1) is 7.51. The minimum absolute atomic E-state index is 0.0225. The highest BCUT2D eigenvalue weighted by molar-refractivity contribution is 5.45. The largest absolute Gasteiger partial charge is 0.507 e. The van der Waals surface area contributed by atoms with Crippen LogP contribution in [-0.4, -0.2) is 15.3 Å². The SMILES string of the molecule is CCC(O)c1cc(C)cc(C(O)CC)c1O. The lowest BCUT2D eigenvalue weighted by Gasteiger charge is -2.17. The normalized spacial score (nSPS) is 14.8. The molecule has 0 amide bonds. The van der Waals surface area contributed by atoms with Crippen LogP contribution in [-0.2, 0) is 0 Å². The molecule has 0 heterocycles.